The van der Waals surface area contributed by atoms with Crippen LogP contribution in [0.2, 0.25) is 0 Å². The third kappa shape index (κ3) is 3.48. The van der Waals surface area contributed by atoms with E-state index >= 15 is 0 Å². The summed E-state index contributed by atoms with van der Waals surface area (Å²) in [5.74, 6) is -0.257. The van der Waals surface area contributed by atoms with E-state index in [-0.39, 0.29) is 17.6 Å². The minimum Gasteiger partial charge on any atom is -0.376 e. The lowest BCUT2D eigenvalue weighted by molar-refractivity contribution is 0.0853. The molecule has 1 aromatic carbocycles. The number of benzene rings is 1. The molecular weight excluding hydrogens is 306 g/mol. The molecule has 1 atom stereocenters. The number of carbonyl (C=O) groups excluding carboxylic acids is 1. The zero-order chi connectivity index (χ0) is 16.9. The molecule has 0 spiro atoms. The smallest absolute Gasteiger partial charge is 0.274 e. The van der Waals surface area contributed by atoms with Gasteiger partial charge in [0.2, 0.25) is 0 Å². The summed E-state index contributed by atoms with van der Waals surface area (Å²) in [6.07, 6.45) is 3.88. The number of unbranched alkanes of at least 4 members (excludes halogenated alkanes) is 1. The number of aromatic nitrogens is 2. The van der Waals surface area contributed by atoms with Crippen LogP contribution in [0.25, 0.3) is 10.8 Å². The second-order valence-electron chi connectivity index (χ2n) is 6.12. The number of nitrogens with one attached hydrogen (secondary N) is 1. The first-order chi connectivity index (χ1) is 11.7. The van der Waals surface area contributed by atoms with Crippen molar-refractivity contribution in [3.05, 3.63) is 40.3 Å². The van der Waals surface area contributed by atoms with Crippen LogP contribution in [-0.2, 0) is 11.3 Å². The lowest BCUT2D eigenvalue weighted by atomic mass is 10.1. The molecule has 0 saturated carbocycles. The highest BCUT2D eigenvalue weighted by Crippen LogP contribution is 2.14. The van der Waals surface area contributed by atoms with E-state index in [1.165, 1.54) is 4.68 Å². The molecule has 2 aromatic rings. The summed E-state index contributed by atoms with van der Waals surface area (Å²) >= 11 is 0. The number of ether oxygens (including phenoxy) is 1. The Hall–Kier alpha value is -2.21. The standard InChI is InChI=1S/C18H23N3O3/c1-2-3-10-21-18(23)15-9-5-4-8-14(15)16(20-21)17(22)19-12-13-7-6-11-24-13/h4-5,8-9,13H,2-3,6-7,10-12H2,1H3,(H,19,22). The molecule has 1 saturated heterocycles. The van der Waals surface area contributed by atoms with Crippen LogP contribution in [0, 0.1) is 0 Å². The second kappa shape index (κ2) is 7.57. The number of rotatable bonds is 6. The van der Waals surface area contributed by atoms with Gasteiger partial charge in [-0.15, -0.1) is 0 Å². The number of amides is 1. The highest BCUT2D eigenvalue weighted by Gasteiger charge is 2.20. The van der Waals surface area contributed by atoms with Crippen molar-refractivity contribution in [1.82, 2.24) is 15.1 Å². The van der Waals surface area contributed by atoms with Crippen molar-refractivity contribution in [3.8, 4) is 0 Å². The molecule has 3 rings (SSSR count). The number of nitrogens with zero attached hydrogens (tertiary/aromatic N) is 2. The quantitative estimate of drug-likeness (QED) is 0.881. The molecule has 24 heavy (non-hydrogen) atoms. The van der Waals surface area contributed by atoms with Crippen molar-refractivity contribution in [2.75, 3.05) is 13.2 Å². The maximum absolute atomic E-state index is 12.6. The minimum atomic E-state index is -0.257. The van der Waals surface area contributed by atoms with Crippen LogP contribution >= 0.6 is 0 Å². The molecular formula is C18H23N3O3. The Bertz CT molecular complexity index is 779. The van der Waals surface area contributed by atoms with Gasteiger partial charge in [0.05, 0.1) is 11.5 Å². The van der Waals surface area contributed by atoms with Crippen molar-refractivity contribution in [2.45, 2.75) is 45.3 Å². The molecule has 128 valence electrons. The molecule has 0 bridgehead atoms. The molecule has 1 aliphatic rings. The summed E-state index contributed by atoms with van der Waals surface area (Å²) < 4.78 is 6.94. The largest absolute Gasteiger partial charge is 0.376 e. The average molecular weight is 329 g/mol. The summed E-state index contributed by atoms with van der Waals surface area (Å²) in [5.41, 5.74) is 0.161. The first-order valence-corrected chi connectivity index (χ1v) is 8.60. The van der Waals surface area contributed by atoms with E-state index in [0.717, 1.165) is 32.3 Å². The molecule has 6 heteroatoms. The number of fused-ring (bicyclic) bond motifs is 1. The van der Waals surface area contributed by atoms with Crippen LogP contribution in [0.3, 0.4) is 0 Å². The fourth-order valence-electron chi connectivity index (χ4n) is 2.96. The minimum absolute atomic E-state index is 0.0752. The van der Waals surface area contributed by atoms with Gasteiger partial charge in [-0.05, 0) is 25.3 Å². The average Bonchev–Trinajstić information content (AvgIpc) is 3.13. The summed E-state index contributed by atoms with van der Waals surface area (Å²) in [4.78, 5) is 25.1. The highest BCUT2D eigenvalue weighted by atomic mass is 16.5. The lowest BCUT2D eigenvalue weighted by Gasteiger charge is -2.13. The summed E-state index contributed by atoms with van der Waals surface area (Å²) in [6.45, 7) is 3.81. The third-order valence-corrected chi connectivity index (χ3v) is 4.32. The zero-order valence-corrected chi connectivity index (χ0v) is 14.0. The van der Waals surface area contributed by atoms with Gasteiger partial charge in [-0.2, -0.15) is 5.10 Å². The van der Waals surface area contributed by atoms with Gasteiger partial charge in [0.25, 0.3) is 11.5 Å². The Morgan fingerprint density at radius 2 is 2.17 bits per heavy atom. The highest BCUT2D eigenvalue weighted by molar-refractivity contribution is 6.04. The first-order valence-electron chi connectivity index (χ1n) is 8.60. The van der Waals surface area contributed by atoms with E-state index in [1.807, 2.05) is 12.1 Å². The number of hydrogen-bond acceptors (Lipinski definition) is 4. The van der Waals surface area contributed by atoms with E-state index in [1.54, 1.807) is 12.1 Å². The van der Waals surface area contributed by atoms with Gasteiger partial charge in [-0.1, -0.05) is 31.5 Å². The maximum atomic E-state index is 12.6. The molecule has 2 heterocycles. The van der Waals surface area contributed by atoms with E-state index < -0.39 is 0 Å². The van der Waals surface area contributed by atoms with Crippen molar-refractivity contribution in [1.29, 1.82) is 0 Å². The zero-order valence-electron chi connectivity index (χ0n) is 14.0. The van der Waals surface area contributed by atoms with E-state index in [4.69, 9.17) is 4.74 Å². The normalized spacial score (nSPS) is 17.3. The Labute approximate surface area is 140 Å². The van der Waals surface area contributed by atoms with Crippen LogP contribution in [-0.4, -0.2) is 34.9 Å². The fourth-order valence-corrected chi connectivity index (χ4v) is 2.96. The number of aryl methyl sites for hydroxylation is 1. The molecule has 1 fully saturated rings. The Morgan fingerprint density at radius 3 is 2.88 bits per heavy atom. The van der Waals surface area contributed by atoms with Crippen LogP contribution < -0.4 is 10.9 Å². The molecule has 6 nitrogen and oxygen atoms in total. The van der Waals surface area contributed by atoms with E-state index in [2.05, 4.69) is 17.3 Å². The van der Waals surface area contributed by atoms with Gasteiger partial charge in [0, 0.05) is 25.1 Å². The number of hydrogen-bond donors (Lipinski definition) is 1. The fraction of sp³-hybridized carbons (Fsp3) is 0.500. The van der Waals surface area contributed by atoms with Gasteiger partial charge in [0.1, 0.15) is 0 Å². The Kier molecular flexibility index (Phi) is 5.25. The van der Waals surface area contributed by atoms with E-state index in [9.17, 15) is 9.59 Å². The lowest BCUT2D eigenvalue weighted by Crippen LogP contribution is -2.34. The van der Waals surface area contributed by atoms with Crippen LogP contribution in [0.5, 0.6) is 0 Å². The molecule has 1 N–H and O–H groups in total. The summed E-state index contributed by atoms with van der Waals surface area (Å²) in [5, 5.41) is 8.36. The predicted molar refractivity (Wildman–Crippen MR) is 92.2 cm³/mol. The van der Waals surface area contributed by atoms with Crippen LogP contribution in [0.15, 0.2) is 29.1 Å². The van der Waals surface area contributed by atoms with Crippen LogP contribution in [0.4, 0.5) is 0 Å². The third-order valence-electron chi connectivity index (χ3n) is 4.32. The van der Waals surface area contributed by atoms with Gasteiger partial charge in [-0.25, -0.2) is 4.68 Å². The van der Waals surface area contributed by atoms with Crippen LogP contribution in [0.1, 0.15) is 43.1 Å². The number of carbonyl (C=O) groups is 1. The van der Waals surface area contributed by atoms with Gasteiger partial charge in [-0.3, -0.25) is 9.59 Å². The van der Waals surface area contributed by atoms with Crippen molar-refractivity contribution in [2.24, 2.45) is 0 Å². The van der Waals surface area contributed by atoms with Gasteiger partial charge in [0.15, 0.2) is 5.69 Å². The van der Waals surface area contributed by atoms with Crippen molar-refractivity contribution >= 4 is 16.7 Å². The molecule has 1 unspecified atom stereocenters. The van der Waals surface area contributed by atoms with Crippen molar-refractivity contribution < 1.29 is 9.53 Å². The molecule has 1 aliphatic heterocycles. The molecule has 0 aliphatic carbocycles. The van der Waals surface area contributed by atoms with Crippen molar-refractivity contribution in [3.63, 3.8) is 0 Å². The Balaban J connectivity index is 1.91. The van der Waals surface area contributed by atoms with Gasteiger partial charge >= 0.3 is 0 Å². The second-order valence-corrected chi connectivity index (χ2v) is 6.12. The van der Waals surface area contributed by atoms with E-state index in [0.29, 0.717) is 29.6 Å². The Morgan fingerprint density at radius 1 is 1.38 bits per heavy atom. The molecule has 1 aromatic heterocycles. The SMILES string of the molecule is CCCCn1nc(C(=O)NCC2CCCO2)c2ccccc2c1=O. The maximum Gasteiger partial charge on any atom is 0.274 e. The molecule has 0 radical (unpaired) electrons. The summed E-state index contributed by atoms with van der Waals surface area (Å²) in [7, 11) is 0. The monoisotopic (exact) mass is 329 g/mol. The topological polar surface area (TPSA) is 73.2 Å². The molecule has 1 amide bonds. The summed E-state index contributed by atoms with van der Waals surface area (Å²) in [6, 6.07) is 7.15. The first kappa shape index (κ1) is 16.6. The predicted octanol–water partition coefficient (Wildman–Crippen LogP) is 2.11. The van der Waals surface area contributed by atoms with Gasteiger partial charge < -0.3 is 10.1 Å².